The Morgan fingerprint density at radius 3 is 2.39 bits per heavy atom. The summed E-state index contributed by atoms with van der Waals surface area (Å²) >= 11 is 5.93. The van der Waals surface area contributed by atoms with Crippen molar-refractivity contribution in [2.24, 2.45) is 0 Å². The largest absolute Gasteiger partial charge is 0.341 e. The second-order valence-electron chi connectivity index (χ2n) is 8.22. The van der Waals surface area contributed by atoms with Crippen LogP contribution in [0, 0.1) is 6.92 Å². The normalized spacial score (nSPS) is 16.0. The van der Waals surface area contributed by atoms with Crippen molar-refractivity contribution in [2.75, 3.05) is 13.1 Å². The molecule has 0 aliphatic carbocycles. The van der Waals surface area contributed by atoms with Gasteiger partial charge in [-0.2, -0.15) is 9.71 Å². The maximum absolute atomic E-state index is 12.9. The van der Waals surface area contributed by atoms with Gasteiger partial charge in [-0.25, -0.2) is 8.42 Å². The summed E-state index contributed by atoms with van der Waals surface area (Å²) in [6, 6.07) is 12.8. The molecule has 4 rings (SSSR count). The number of carbonyl (C=O) groups is 1. The minimum Gasteiger partial charge on any atom is -0.341 e. The van der Waals surface area contributed by atoms with Crippen LogP contribution in [0.2, 0.25) is 5.02 Å². The van der Waals surface area contributed by atoms with Gasteiger partial charge in [-0.05, 0) is 63.1 Å². The topological polar surface area (TPSA) is 105 Å². The number of hydrogen-bond acceptors (Lipinski definition) is 6. The molecular weight excluding hydrogens is 464 g/mol. The number of nitrogens with one attached hydrogen (secondary N) is 1. The monoisotopic (exact) mass is 488 g/mol. The maximum Gasteiger partial charge on any atom is 0.241 e. The molecule has 8 nitrogen and oxygen atoms in total. The first-order valence-electron chi connectivity index (χ1n) is 10.7. The summed E-state index contributed by atoms with van der Waals surface area (Å²) in [5, 5.41) is 4.70. The Kier molecular flexibility index (Phi) is 6.83. The summed E-state index contributed by atoms with van der Waals surface area (Å²) in [7, 11) is -3.78. The van der Waals surface area contributed by atoms with Crippen molar-refractivity contribution in [3.63, 3.8) is 0 Å². The van der Waals surface area contributed by atoms with Gasteiger partial charge in [0, 0.05) is 29.6 Å². The Hall–Kier alpha value is -2.75. The molecule has 1 saturated heterocycles. The van der Waals surface area contributed by atoms with Crippen LogP contribution >= 0.6 is 11.6 Å². The van der Waals surface area contributed by atoms with Crippen LogP contribution in [-0.2, 0) is 14.8 Å². The Labute approximate surface area is 198 Å². The minimum absolute atomic E-state index is 0.0437. The van der Waals surface area contributed by atoms with Crippen LogP contribution in [0.3, 0.4) is 0 Å². The number of aryl methyl sites for hydroxylation is 1. The van der Waals surface area contributed by atoms with E-state index in [1.165, 1.54) is 12.1 Å². The number of aromatic nitrogens is 2. The van der Waals surface area contributed by atoms with Crippen molar-refractivity contribution in [1.82, 2.24) is 19.8 Å². The lowest BCUT2D eigenvalue weighted by Gasteiger charge is -2.32. The van der Waals surface area contributed by atoms with E-state index < -0.39 is 16.1 Å². The van der Waals surface area contributed by atoms with Gasteiger partial charge in [0.15, 0.2) is 0 Å². The highest BCUT2D eigenvalue weighted by Gasteiger charge is 2.31. The van der Waals surface area contributed by atoms with Gasteiger partial charge in [-0.1, -0.05) is 34.5 Å². The summed E-state index contributed by atoms with van der Waals surface area (Å²) < 4.78 is 33.2. The number of piperidine rings is 1. The molecule has 0 unspecified atom stereocenters. The van der Waals surface area contributed by atoms with Gasteiger partial charge in [0.2, 0.25) is 27.6 Å². The van der Waals surface area contributed by atoms with Gasteiger partial charge in [-0.15, -0.1) is 0 Å². The van der Waals surface area contributed by atoms with Crippen LogP contribution < -0.4 is 4.72 Å². The van der Waals surface area contributed by atoms with Crippen molar-refractivity contribution in [3.05, 3.63) is 65.0 Å². The van der Waals surface area contributed by atoms with Gasteiger partial charge >= 0.3 is 0 Å². The van der Waals surface area contributed by atoms with Crippen molar-refractivity contribution < 1.29 is 17.7 Å². The highest BCUT2D eigenvalue weighted by molar-refractivity contribution is 7.89. The molecule has 3 aromatic rings. The number of nitrogens with zero attached hydrogens (tertiary/aromatic N) is 3. The third-order valence-electron chi connectivity index (χ3n) is 5.73. The van der Waals surface area contributed by atoms with Crippen LogP contribution in [0.25, 0.3) is 11.4 Å². The molecule has 0 spiro atoms. The lowest BCUT2D eigenvalue weighted by atomic mass is 9.96. The van der Waals surface area contributed by atoms with Crippen molar-refractivity contribution in [1.29, 1.82) is 0 Å². The van der Waals surface area contributed by atoms with Gasteiger partial charge in [0.05, 0.1) is 10.9 Å². The van der Waals surface area contributed by atoms with Crippen LogP contribution in [0.5, 0.6) is 0 Å². The van der Waals surface area contributed by atoms with Crippen molar-refractivity contribution in [3.8, 4) is 11.4 Å². The first-order valence-corrected chi connectivity index (χ1v) is 12.6. The molecule has 2 heterocycles. The molecule has 1 atom stereocenters. The Bertz CT molecular complexity index is 1220. The fraction of sp³-hybridized carbons (Fsp3) is 0.348. The predicted octanol–water partition coefficient (Wildman–Crippen LogP) is 3.77. The minimum atomic E-state index is -3.78. The maximum atomic E-state index is 12.9. The average Bonchev–Trinajstić information content (AvgIpc) is 3.29. The van der Waals surface area contributed by atoms with Crippen LogP contribution in [0.4, 0.5) is 0 Å². The number of benzene rings is 2. The van der Waals surface area contributed by atoms with E-state index in [1.54, 1.807) is 36.1 Å². The summed E-state index contributed by atoms with van der Waals surface area (Å²) in [4.78, 5) is 19.2. The Morgan fingerprint density at radius 2 is 1.76 bits per heavy atom. The van der Waals surface area contributed by atoms with E-state index in [2.05, 4.69) is 14.9 Å². The lowest BCUT2D eigenvalue weighted by Crippen LogP contribution is -2.49. The van der Waals surface area contributed by atoms with Crippen molar-refractivity contribution >= 4 is 27.5 Å². The fourth-order valence-electron chi connectivity index (χ4n) is 3.81. The van der Waals surface area contributed by atoms with E-state index in [-0.39, 0.29) is 16.7 Å². The molecule has 1 aromatic heterocycles. The number of amides is 1. The average molecular weight is 489 g/mol. The van der Waals surface area contributed by atoms with Crippen molar-refractivity contribution in [2.45, 2.75) is 43.5 Å². The zero-order chi connectivity index (χ0) is 23.6. The molecule has 0 saturated carbocycles. The zero-order valence-corrected chi connectivity index (χ0v) is 19.9. The Morgan fingerprint density at radius 1 is 1.12 bits per heavy atom. The fourth-order valence-corrected chi connectivity index (χ4v) is 5.13. The second kappa shape index (κ2) is 9.62. The molecule has 10 heteroatoms. The van der Waals surface area contributed by atoms with Crippen LogP contribution in [0.15, 0.2) is 57.9 Å². The summed E-state index contributed by atoms with van der Waals surface area (Å²) in [5.41, 5.74) is 1.78. The predicted molar refractivity (Wildman–Crippen MR) is 124 cm³/mol. The van der Waals surface area contributed by atoms with Gasteiger partial charge in [0.25, 0.3) is 0 Å². The highest BCUT2D eigenvalue weighted by Crippen LogP contribution is 2.29. The lowest BCUT2D eigenvalue weighted by molar-refractivity contribution is -0.133. The number of likely N-dealkylation sites (tertiary alicyclic amines) is 1. The molecule has 0 radical (unpaired) electrons. The van der Waals surface area contributed by atoms with E-state index in [9.17, 15) is 13.2 Å². The summed E-state index contributed by atoms with van der Waals surface area (Å²) in [6.45, 7) is 4.42. The molecule has 2 aromatic carbocycles. The van der Waals surface area contributed by atoms with E-state index in [0.717, 1.165) is 11.1 Å². The first-order chi connectivity index (χ1) is 15.7. The van der Waals surface area contributed by atoms with E-state index >= 15 is 0 Å². The Balaban J connectivity index is 1.34. The molecule has 1 fully saturated rings. The summed E-state index contributed by atoms with van der Waals surface area (Å²) in [6.07, 6.45) is 1.32. The number of halogens is 1. The van der Waals surface area contributed by atoms with Gasteiger partial charge < -0.3 is 9.42 Å². The number of sulfonamides is 1. The smallest absolute Gasteiger partial charge is 0.241 e. The number of rotatable bonds is 6. The molecule has 174 valence electrons. The quantitative estimate of drug-likeness (QED) is 0.566. The zero-order valence-electron chi connectivity index (χ0n) is 18.4. The third-order valence-corrected chi connectivity index (χ3v) is 7.54. The van der Waals surface area contributed by atoms with Crippen LogP contribution in [0.1, 0.15) is 37.1 Å². The first kappa shape index (κ1) is 23.4. The standard InChI is InChI=1S/C23H25ClN4O4S/c1-15-3-9-20(10-4-15)33(30,31)27-16(2)23(29)28-13-11-18(12-14-28)22-25-21(26-32-22)17-5-7-19(24)8-6-17/h3-10,16,18,27H,11-14H2,1-2H3/t16-/m1/s1. The molecule has 33 heavy (non-hydrogen) atoms. The molecule has 0 bridgehead atoms. The highest BCUT2D eigenvalue weighted by atomic mass is 35.5. The molecular formula is C23H25ClN4O4S. The second-order valence-corrected chi connectivity index (χ2v) is 10.4. The van der Waals surface area contributed by atoms with Crippen LogP contribution in [-0.4, -0.2) is 48.5 Å². The number of carbonyl (C=O) groups excluding carboxylic acids is 1. The number of hydrogen-bond donors (Lipinski definition) is 1. The molecule has 1 amide bonds. The third kappa shape index (κ3) is 5.43. The summed E-state index contributed by atoms with van der Waals surface area (Å²) in [5.74, 6) is 0.832. The molecule has 1 aliphatic rings. The molecule has 1 N–H and O–H groups in total. The van der Waals surface area contributed by atoms with Gasteiger partial charge in [0.1, 0.15) is 0 Å². The molecule has 1 aliphatic heterocycles. The SMILES string of the molecule is Cc1ccc(S(=O)(=O)N[C@H](C)C(=O)N2CCC(c3nc(-c4ccc(Cl)cc4)no3)CC2)cc1. The van der Waals surface area contributed by atoms with E-state index in [1.807, 2.05) is 19.1 Å². The van der Waals surface area contributed by atoms with Gasteiger partial charge in [-0.3, -0.25) is 4.79 Å². The van der Waals surface area contributed by atoms with E-state index in [0.29, 0.717) is 42.7 Å². The van der Waals surface area contributed by atoms with E-state index in [4.69, 9.17) is 16.1 Å².